The lowest BCUT2D eigenvalue weighted by Crippen LogP contribution is -2.48. The van der Waals surface area contributed by atoms with E-state index in [0.717, 1.165) is 49.6 Å². The van der Waals surface area contributed by atoms with E-state index >= 15 is 0 Å². The Labute approximate surface area is 167 Å². The highest BCUT2D eigenvalue weighted by Gasteiger charge is 2.21. The molecule has 1 aliphatic heterocycles. The molecule has 0 saturated carbocycles. The largest absolute Gasteiger partial charge is 0.497 e. The molecule has 0 aromatic heterocycles. The molecule has 1 aromatic rings. The van der Waals surface area contributed by atoms with Crippen LogP contribution in [0.1, 0.15) is 25.8 Å². The highest BCUT2D eigenvalue weighted by molar-refractivity contribution is 14.0. The van der Waals surface area contributed by atoms with Crippen LogP contribution in [0.4, 0.5) is 0 Å². The quantitative estimate of drug-likeness (QED) is 0.397. The first-order chi connectivity index (χ1) is 11.3. The molecule has 1 aliphatic rings. The molecule has 1 N–H and O–H groups in total. The van der Waals surface area contributed by atoms with Gasteiger partial charge in [0, 0.05) is 37.2 Å². The van der Waals surface area contributed by atoms with Gasteiger partial charge in [-0.15, -0.1) is 24.0 Å². The minimum Gasteiger partial charge on any atom is -0.497 e. The number of nitrogens with zero attached hydrogens (tertiary/aromatic N) is 2. The van der Waals surface area contributed by atoms with Gasteiger partial charge in [0.25, 0.3) is 0 Å². The maximum atomic E-state index is 5.28. The maximum Gasteiger partial charge on any atom is 0.193 e. The van der Waals surface area contributed by atoms with E-state index in [2.05, 4.69) is 48.0 Å². The zero-order valence-electron chi connectivity index (χ0n) is 15.0. The number of hydrogen-bond donors (Lipinski definition) is 1. The van der Waals surface area contributed by atoms with E-state index in [0.29, 0.717) is 0 Å². The zero-order chi connectivity index (χ0) is 16.5. The number of benzene rings is 1. The summed E-state index contributed by atoms with van der Waals surface area (Å²) in [6.45, 7) is 8.31. The second-order valence-electron chi connectivity index (χ2n) is 5.68. The van der Waals surface area contributed by atoms with Crippen molar-refractivity contribution in [2.24, 2.45) is 4.99 Å². The van der Waals surface area contributed by atoms with Crippen LogP contribution in [0.3, 0.4) is 0 Å². The molecule has 1 aromatic carbocycles. The van der Waals surface area contributed by atoms with Gasteiger partial charge in [0.15, 0.2) is 5.96 Å². The van der Waals surface area contributed by atoms with Crippen molar-refractivity contribution in [3.8, 4) is 5.75 Å². The summed E-state index contributed by atoms with van der Waals surface area (Å²) in [5, 5.41) is 4.18. The summed E-state index contributed by atoms with van der Waals surface area (Å²) in [4.78, 5) is 7.25. The van der Waals surface area contributed by atoms with Gasteiger partial charge in [-0.2, -0.15) is 11.8 Å². The Bertz CT molecular complexity index is 513. The number of hydrogen-bond acceptors (Lipinski definition) is 3. The molecule has 2 rings (SSSR count). The minimum atomic E-state index is 0. The van der Waals surface area contributed by atoms with Gasteiger partial charge in [-0.25, -0.2) is 0 Å². The van der Waals surface area contributed by atoms with E-state index in [9.17, 15) is 0 Å². The molecule has 24 heavy (non-hydrogen) atoms. The lowest BCUT2D eigenvalue weighted by Gasteiger charge is -2.34. The summed E-state index contributed by atoms with van der Waals surface area (Å²) < 4.78 is 5.28. The fourth-order valence-corrected chi connectivity index (χ4v) is 3.88. The fraction of sp³-hybridized carbons (Fsp3) is 0.611. The number of halogens is 1. The smallest absolute Gasteiger partial charge is 0.193 e. The standard InChI is InChI=1S/C18H29N3OS.HI/c1-4-17-14-21(11-12-23-17)18(19-5-2)20-10-9-15-7-6-8-16(13-15)22-3;/h6-8,13,17H,4-5,9-12,14H2,1-3H3,(H,19,20);1H. The molecule has 4 nitrogen and oxygen atoms in total. The SMILES string of the molecule is CCNC(=NCCc1cccc(OC)c1)N1CCSC(CC)C1.I. The Morgan fingerprint density at radius 2 is 2.25 bits per heavy atom. The van der Waals surface area contributed by atoms with Crippen LogP contribution in [0, 0.1) is 0 Å². The van der Waals surface area contributed by atoms with Crippen LogP contribution in [-0.4, -0.2) is 55.2 Å². The van der Waals surface area contributed by atoms with Gasteiger partial charge in [-0.1, -0.05) is 19.1 Å². The predicted octanol–water partition coefficient (Wildman–Crippen LogP) is 3.65. The molecule has 0 amide bonds. The summed E-state index contributed by atoms with van der Waals surface area (Å²) in [6.07, 6.45) is 2.16. The molecule has 0 aliphatic carbocycles. The number of methoxy groups -OCH3 is 1. The topological polar surface area (TPSA) is 36.9 Å². The van der Waals surface area contributed by atoms with Gasteiger partial charge in [-0.3, -0.25) is 4.99 Å². The summed E-state index contributed by atoms with van der Waals surface area (Å²) in [5.41, 5.74) is 1.27. The van der Waals surface area contributed by atoms with E-state index in [1.165, 1.54) is 17.7 Å². The lowest BCUT2D eigenvalue weighted by atomic mass is 10.1. The van der Waals surface area contributed by atoms with Gasteiger partial charge in [0.1, 0.15) is 5.75 Å². The normalized spacial score (nSPS) is 18.0. The van der Waals surface area contributed by atoms with Crippen LogP contribution in [0.25, 0.3) is 0 Å². The monoisotopic (exact) mass is 463 g/mol. The van der Waals surface area contributed by atoms with E-state index in [-0.39, 0.29) is 24.0 Å². The van der Waals surface area contributed by atoms with Gasteiger partial charge < -0.3 is 15.0 Å². The van der Waals surface area contributed by atoms with Crippen molar-refractivity contribution in [3.63, 3.8) is 0 Å². The Morgan fingerprint density at radius 1 is 1.42 bits per heavy atom. The van der Waals surface area contributed by atoms with E-state index < -0.39 is 0 Å². The van der Waals surface area contributed by atoms with Gasteiger partial charge >= 0.3 is 0 Å². The van der Waals surface area contributed by atoms with Crippen molar-refractivity contribution < 1.29 is 4.74 Å². The summed E-state index contributed by atoms with van der Waals surface area (Å²) >= 11 is 2.09. The molecule has 0 radical (unpaired) electrons. The first-order valence-corrected chi connectivity index (χ1v) is 9.59. The minimum absolute atomic E-state index is 0. The average molecular weight is 463 g/mol. The number of ether oxygens (including phenoxy) is 1. The van der Waals surface area contributed by atoms with Crippen LogP contribution in [-0.2, 0) is 6.42 Å². The van der Waals surface area contributed by atoms with E-state index in [1.807, 2.05) is 12.1 Å². The number of nitrogens with one attached hydrogen (secondary N) is 1. The van der Waals surface area contributed by atoms with Crippen molar-refractivity contribution in [1.29, 1.82) is 0 Å². The lowest BCUT2D eigenvalue weighted by molar-refractivity contribution is 0.408. The first-order valence-electron chi connectivity index (χ1n) is 8.54. The molecule has 1 fully saturated rings. The average Bonchev–Trinajstić information content (AvgIpc) is 2.61. The molecular formula is C18H30IN3OS. The molecule has 1 saturated heterocycles. The number of aliphatic imine (C=N–C) groups is 1. The van der Waals surface area contributed by atoms with Crippen molar-refractivity contribution in [2.75, 3.05) is 39.0 Å². The highest BCUT2D eigenvalue weighted by Crippen LogP contribution is 2.21. The second-order valence-corrected chi connectivity index (χ2v) is 7.09. The highest BCUT2D eigenvalue weighted by atomic mass is 127. The fourth-order valence-electron chi connectivity index (χ4n) is 2.70. The van der Waals surface area contributed by atoms with Crippen LogP contribution in [0.5, 0.6) is 5.75 Å². The first kappa shape index (κ1) is 21.4. The molecular weight excluding hydrogens is 433 g/mol. The molecule has 0 spiro atoms. The Kier molecular flexibility index (Phi) is 10.6. The Hall–Kier alpha value is -0.630. The molecule has 136 valence electrons. The molecule has 0 bridgehead atoms. The number of guanidine groups is 1. The third kappa shape index (κ3) is 6.70. The maximum absolute atomic E-state index is 5.28. The van der Waals surface area contributed by atoms with Crippen LogP contribution < -0.4 is 10.1 Å². The van der Waals surface area contributed by atoms with Gasteiger partial charge in [-0.05, 0) is 37.5 Å². The van der Waals surface area contributed by atoms with Crippen LogP contribution >= 0.6 is 35.7 Å². The summed E-state index contributed by atoms with van der Waals surface area (Å²) in [6, 6.07) is 8.24. The third-order valence-electron chi connectivity index (χ3n) is 4.02. The van der Waals surface area contributed by atoms with Gasteiger partial charge in [0.2, 0.25) is 0 Å². The van der Waals surface area contributed by atoms with Gasteiger partial charge in [0.05, 0.1) is 7.11 Å². The predicted molar refractivity (Wildman–Crippen MR) is 116 cm³/mol. The summed E-state index contributed by atoms with van der Waals surface area (Å²) in [5.74, 6) is 3.17. The Morgan fingerprint density at radius 3 is 2.96 bits per heavy atom. The number of rotatable bonds is 6. The van der Waals surface area contributed by atoms with Crippen LogP contribution in [0.2, 0.25) is 0 Å². The van der Waals surface area contributed by atoms with Crippen LogP contribution in [0.15, 0.2) is 29.3 Å². The van der Waals surface area contributed by atoms with Crippen molar-refractivity contribution in [2.45, 2.75) is 31.9 Å². The summed E-state index contributed by atoms with van der Waals surface area (Å²) in [7, 11) is 1.71. The zero-order valence-corrected chi connectivity index (χ0v) is 18.1. The van der Waals surface area contributed by atoms with Crippen molar-refractivity contribution in [1.82, 2.24) is 10.2 Å². The third-order valence-corrected chi connectivity index (χ3v) is 5.40. The second kappa shape index (κ2) is 11.8. The van der Waals surface area contributed by atoms with E-state index in [4.69, 9.17) is 9.73 Å². The van der Waals surface area contributed by atoms with E-state index in [1.54, 1.807) is 7.11 Å². The number of thioether (sulfide) groups is 1. The molecule has 1 unspecified atom stereocenters. The van der Waals surface area contributed by atoms with Crippen molar-refractivity contribution in [3.05, 3.63) is 29.8 Å². The Balaban J connectivity index is 0.00000288. The molecule has 1 atom stereocenters. The van der Waals surface area contributed by atoms with Crippen molar-refractivity contribution >= 4 is 41.7 Å². The molecule has 1 heterocycles. The molecule has 6 heteroatoms.